The zero-order chi connectivity index (χ0) is 12.1. The average Bonchev–Trinajstić information content (AvgIpc) is 2.36. The summed E-state index contributed by atoms with van der Waals surface area (Å²) in [5.41, 5.74) is 2.85. The first-order valence-corrected chi connectivity index (χ1v) is 6.46. The van der Waals surface area contributed by atoms with Crippen LogP contribution in [0.1, 0.15) is 30.9 Å². The third-order valence-corrected chi connectivity index (χ3v) is 3.19. The Morgan fingerprint density at radius 2 is 1.53 bits per heavy atom. The summed E-state index contributed by atoms with van der Waals surface area (Å²) in [6, 6.07) is 13.1. The van der Waals surface area contributed by atoms with Crippen LogP contribution in [0, 0.1) is 0 Å². The fraction of sp³-hybridized carbons (Fsp3) is 0.375. The van der Waals surface area contributed by atoms with Crippen LogP contribution in [0.25, 0.3) is 10.8 Å². The third-order valence-electron chi connectivity index (χ3n) is 3.19. The molecule has 0 heterocycles. The summed E-state index contributed by atoms with van der Waals surface area (Å²) >= 11 is 0. The maximum absolute atomic E-state index is 8.96. The van der Waals surface area contributed by atoms with E-state index >= 15 is 0 Å². The highest BCUT2D eigenvalue weighted by molar-refractivity contribution is 5.84. The molecule has 0 spiro atoms. The van der Waals surface area contributed by atoms with Gasteiger partial charge in [0.1, 0.15) is 0 Å². The minimum Gasteiger partial charge on any atom is -0.396 e. The number of benzene rings is 2. The lowest BCUT2D eigenvalue weighted by molar-refractivity contribution is 0.288. The van der Waals surface area contributed by atoms with Crippen LogP contribution in [0.2, 0.25) is 0 Å². The van der Waals surface area contributed by atoms with Gasteiger partial charge in [0.2, 0.25) is 0 Å². The van der Waals surface area contributed by atoms with Gasteiger partial charge in [0.05, 0.1) is 0 Å². The summed E-state index contributed by atoms with van der Waals surface area (Å²) in [6.07, 6.45) is 4.14. The Balaban J connectivity index is 2.42. The molecule has 0 fully saturated rings. The van der Waals surface area contributed by atoms with E-state index in [2.05, 4.69) is 43.3 Å². The first-order chi connectivity index (χ1) is 8.35. The van der Waals surface area contributed by atoms with Crippen molar-refractivity contribution in [1.82, 2.24) is 0 Å². The van der Waals surface area contributed by atoms with Crippen molar-refractivity contribution in [1.29, 1.82) is 0 Å². The molecule has 0 aromatic heterocycles. The van der Waals surface area contributed by atoms with Crippen molar-refractivity contribution >= 4 is 10.8 Å². The molecule has 0 saturated heterocycles. The molecule has 2 rings (SSSR count). The summed E-state index contributed by atoms with van der Waals surface area (Å²) in [5, 5.41) is 11.6. The molecular formula is C16H20O. The maximum atomic E-state index is 8.96. The number of hydrogen-bond acceptors (Lipinski definition) is 1. The lowest BCUT2D eigenvalue weighted by atomic mass is 9.95. The van der Waals surface area contributed by atoms with E-state index in [1.807, 2.05) is 0 Å². The van der Waals surface area contributed by atoms with Gasteiger partial charge in [-0.1, -0.05) is 49.7 Å². The number of hydrogen-bond donors (Lipinski definition) is 1. The molecule has 0 amide bonds. The Hall–Kier alpha value is -1.34. The largest absolute Gasteiger partial charge is 0.396 e. The van der Waals surface area contributed by atoms with E-state index in [4.69, 9.17) is 5.11 Å². The van der Waals surface area contributed by atoms with Gasteiger partial charge >= 0.3 is 0 Å². The third kappa shape index (κ3) is 2.86. The second-order valence-corrected chi connectivity index (χ2v) is 4.55. The molecule has 1 heteroatoms. The molecular weight excluding hydrogens is 208 g/mol. The molecule has 0 unspecified atom stereocenters. The van der Waals surface area contributed by atoms with E-state index in [1.165, 1.54) is 28.3 Å². The molecule has 90 valence electrons. The molecule has 0 aliphatic heterocycles. The number of aryl methyl sites for hydroxylation is 2. The number of aliphatic hydroxyl groups is 1. The summed E-state index contributed by atoms with van der Waals surface area (Å²) in [7, 11) is 0. The Morgan fingerprint density at radius 1 is 0.941 bits per heavy atom. The fourth-order valence-electron chi connectivity index (χ4n) is 2.34. The molecule has 0 radical (unpaired) electrons. The average molecular weight is 228 g/mol. The molecule has 0 aliphatic rings. The van der Waals surface area contributed by atoms with E-state index in [0.29, 0.717) is 0 Å². The lowest BCUT2D eigenvalue weighted by Crippen LogP contribution is -1.96. The highest BCUT2D eigenvalue weighted by Gasteiger charge is 2.04. The van der Waals surface area contributed by atoms with Crippen molar-refractivity contribution in [2.45, 2.75) is 32.6 Å². The van der Waals surface area contributed by atoms with E-state index in [1.54, 1.807) is 0 Å². The lowest BCUT2D eigenvalue weighted by Gasteiger charge is -2.10. The van der Waals surface area contributed by atoms with E-state index < -0.39 is 0 Å². The van der Waals surface area contributed by atoms with Crippen LogP contribution < -0.4 is 0 Å². The SMILES string of the molecule is CCCc1cc2ccccc2cc1CCCO. The van der Waals surface area contributed by atoms with Crippen LogP contribution in [0.3, 0.4) is 0 Å². The van der Waals surface area contributed by atoms with Crippen LogP contribution in [0.4, 0.5) is 0 Å². The van der Waals surface area contributed by atoms with E-state index in [0.717, 1.165) is 19.3 Å². The van der Waals surface area contributed by atoms with Crippen molar-refractivity contribution < 1.29 is 5.11 Å². The van der Waals surface area contributed by atoms with Crippen molar-refractivity contribution in [3.63, 3.8) is 0 Å². The van der Waals surface area contributed by atoms with Gasteiger partial charge in [-0.05, 0) is 41.2 Å². The molecule has 1 N–H and O–H groups in total. The minimum absolute atomic E-state index is 0.276. The highest BCUT2D eigenvalue weighted by Crippen LogP contribution is 2.22. The van der Waals surface area contributed by atoms with Crippen LogP contribution in [-0.2, 0) is 12.8 Å². The monoisotopic (exact) mass is 228 g/mol. The Kier molecular flexibility index (Phi) is 4.16. The molecule has 2 aromatic carbocycles. The van der Waals surface area contributed by atoms with Gasteiger partial charge in [-0.25, -0.2) is 0 Å². The van der Waals surface area contributed by atoms with Gasteiger partial charge in [0, 0.05) is 6.61 Å². The minimum atomic E-state index is 0.276. The Bertz CT molecular complexity index is 488. The van der Waals surface area contributed by atoms with Crippen LogP contribution in [0.15, 0.2) is 36.4 Å². The first kappa shape index (κ1) is 12.1. The second kappa shape index (κ2) is 5.83. The van der Waals surface area contributed by atoms with Gasteiger partial charge in [0.25, 0.3) is 0 Å². The first-order valence-electron chi connectivity index (χ1n) is 6.46. The van der Waals surface area contributed by atoms with Gasteiger partial charge in [0.15, 0.2) is 0 Å². The van der Waals surface area contributed by atoms with Gasteiger partial charge in [-0.2, -0.15) is 0 Å². The van der Waals surface area contributed by atoms with E-state index in [9.17, 15) is 0 Å². The summed E-state index contributed by atoms with van der Waals surface area (Å²) in [5.74, 6) is 0. The molecule has 0 aliphatic carbocycles. The number of aliphatic hydroxyl groups excluding tert-OH is 1. The smallest absolute Gasteiger partial charge is 0.0434 e. The predicted molar refractivity (Wildman–Crippen MR) is 73.3 cm³/mol. The van der Waals surface area contributed by atoms with Crippen molar-refractivity contribution in [3.05, 3.63) is 47.5 Å². The summed E-state index contributed by atoms with van der Waals surface area (Å²) in [4.78, 5) is 0. The van der Waals surface area contributed by atoms with Gasteiger partial charge < -0.3 is 5.11 Å². The van der Waals surface area contributed by atoms with Crippen LogP contribution >= 0.6 is 0 Å². The highest BCUT2D eigenvalue weighted by atomic mass is 16.2. The van der Waals surface area contributed by atoms with Crippen molar-refractivity contribution in [3.8, 4) is 0 Å². The van der Waals surface area contributed by atoms with Gasteiger partial charge in [-0.3, -0.25) is 0 Å². The number of fused-ring (bicyclic) bond motifs is 1. The fourth-order valence-corrected chi connectivity index (χ4v) is 2.34. The molecule has 0 atom stereocenters. The molecule has 0 bridgehead atoms. The molecule has 1 nitrogen and oxygen atoms in total. The zero-order valence-corrected chi connectivity index (χ0v) is 10.4. The zero-order valence-electron chi connectivity index (χ0n) is 10.4. The number of rotatable bonds is 5. The molecule has 2 aromatic rings. The Morgan fingerprint density at radius 3 is 2.06 bits per heavy atom. The molecule has 17 heavy (non-hydrogen) atoms. The van der Waals surface area contributed by atoms with E-state index in [-0.39, 0.29) is 6.61 Å². The summed E-state index contributed by atoms with van der Waals surface area (Å²) < 4.78 is 0. The maximum Gasteiger partial charge on any atom is 0.0434 e. The molecule has 0 saturated carbocycles. The second-order valence-electron chi connectivity index (χ2n) is 4.55. The predicted octanol–water partition coefficient (Wildman–Crippen LogP) is 3.72. The van der Waals surface area contributed by atoms with Gasteiger partial charge in [-0.15, -0.1) is 0 Å². The quantitative estimate of drug-likeness (QED) is 0.827. The van der Waals surface area contributed by atoms with Crippen LogP contribution in [0.5, 0.6) is 0 Å². The Labute approximate surface area is 103 Å². The van der Waals surface area contributed by atoms with Crippen molar-refractivity contribution in [2.24, 2.45) is 0 Å². The normalized spacial score (nSPS) is 10.9. The topological polar surface area (TPSA) is 20.2 Å². The van der Waals surface area contributed by atoms with Crippen LogP contribution in [-0.4, -0.2) is 11.7 Å². The standard InChI is InChI=1S/C16H20O/c1-2-6-13-11-14-7-3-4-8-15(14)12-16(13)9-5-10-17/h3-4,7-8,11-12,17H,2,5-6,9-10H2,1H3. The summed E-state index contributed by atoms with van der Waals surface area (Å²) in [6.45, 7) is 2.49. The van der Waals surface area contributed by atoms with Crippen molar-refractivity contribution in [2.75, 3.05) is 6.61 Å².